The van der Waals surface area contributed by atoms with Gasteiger partial charge in [0, 0.05) is 12.6 Å². The van der Waals surface area contributed by atoms with E-state index < -0.39 is 0 Å². The normalized spacial score (nSPS) is 9.38. The van der Waals surface area contributed by atoms with Crippen LogP contribution in [0.2, 0.25) is 0 Å². The molecule has 0 saturated heterocycles. The Kier molecular flexibility index (Phi) is 3.31. The number of carbonyl (C=O) groups is 1. The number of amides is 1. The van der Waals surface area contributed by atoms with Crippen LogP contribution in [-0.4, -0.2) is 12.5 Å². The summed E-state index contributed by atoms with van der Waals surface area (Å²) < 4.78 is 5.25. The molecule has 0 heterocycles. The fourth-order valence-electron chi connectivity index (χ4n) is 1.00. The maximum atomic E-state index is 10.7. The molecule has 0 spiro atoms. The third kappa shape index (κ3) is 3.15. The third-order valence-corrected chi connectivity index (χ3v) is 1.49. The molecule has 1 amide bonds. The molecule has 1 aromatic carbocycles. The zero-order chi connectivity index (χ0) is 9.68. The van der Waals surface area contributed by atoms with Crippen LogP contribution in [0.1, 0.15) is 13.8 Å². The van der Waals surface area contributed by atoms with Crippen LogP contribution in [0.3, 0.4) is 0 Å². The lowest BCUT2D eigenvalue weighted by Crippen LogP contribution is -2.05. The highest BCUT2D eigenvalue weighted by atomic mass is 16.5. The van der Waals surface area contributed by atoms with Gasteiger partial charge in [0.05, 0.1) is 6.61 Å². The van der Waals surface area contributed by atoms with E-state index in [2.05, 4.69) is 5.32 Å². The van der Waals surface area contributed by atoms with Gasteiger partial charge in [-0.1, -0.05) is 0 Å². The number of ether oxygens (including phenoxy) is 1. The second-order valence-electron chi connectivity index (χ2n) is 2.64. The van der Waals surface area contributed by atoms with Crippen LogP contribution in [0.15, 0.2) is 24.3 Å². The number of nitrogens with one attached hydrogen (secondary N) is 1. The number of hydrogen-bond donors (Lipinski definition) is 1. The minimum atomic E-state index is -0.0656. The van der Waals surface area contributed by atoms with E-state index in [4.69, 9.17) is 4.74 Å². The van der Waals surface area contributed by atoms with Crippen LogP contribution in [0.5, 0.6) is 5.75 Å². The average Bonchev–Trinajstić information content (AvgIpc) is 2.08. The van der Waals surface area contributed by atoms with Gasteiger partial charge < -0.3 is 10.1 Å². The maximum absolute atomic E-state index is 10.7. The Labute approximate surface area is 77.7 Å². The van der Waals surface area contributed by atoms with Gasteiger partial charge in [0.2, 0.25) is 5.91 Å². The summed E-state index contributed by atoms with van der Waals surface area (Å²) in [7, 11) is 0. The Morgan fingerprint density at radius 1 is 1.38 bits per heavy atom. The molecule has 0 radical (unpaired) electrons. The molecular weight excluding hydrogens is 168 g/mol. The summed E-state index contributed by atoms with van der Waals surface area (Å²) >= 11 is 0. The highest BCUT2D eigenvalue weighted by molar-refractivity contribution is 5.88. The molecule has 0 aliphatic carbocycles. The molecule has 0 atom stereocenters. The molecule has 1 aromatic rings. The zero-order valence-electron chi connectivity index (χ0n) is 7.83. The van der Waals surface area contributed by atoms with Crippen molar-refractivity contribution in [1.82, 2.24) is 0 Å². The predicted octanol–water partition coefficient (Wildman–Crippen LogP) is 2.04. The van der Waals surface area contributed by atoms with Crippen molar-refractivity contribution in [3.63, 3.8) is 0 Å². The lowest BCUT2D eigenvalue weighted by atomic mass is 10.3. The number of anilines is 1. The molecule has 13 heavy (non-hydrogen) atoms. The van der Waals surface area contributed by atoms with E-state index in [1.807, 2.05) is 31.2 Å². The van der Waals surface area contributed by atoms with E-state index in [0.717, 1.165) is 11.4 Å². The van der Waals surface area contributed by atoms with Crippen molar-refractivity contribution in [3.05, 3.63) is 24.3 Å². The maximum Gasteiger partial charge on any atom is 0.221 e. The number of carbonyl (C=O) groups excluding carboxylic acids is 1. The van der Waals surface area contributed by atoms with E-state index in [1.165, 1.54) is 6.92 Å². The Balaban J connectivity index is 2.64. The second kappa shape index (κ2) is 4.50. The van der Waals surface area contributed by atoms with Gasteiger partial charge in [-0.15, -0.1) is 0 Å². The lowest BCUT2D eigenvalue weighted by Gasteiger charge is -2.04. The van der Waals surface area contributed by atoms with Crippen LogP contribution in [0.25, 0.3) is 0 Å². The van der Waals surface area contributed by atoms with Gasteiger partial charge in [-0.2, -0.15) is 0 Å². The smallest absolute Gasteiger partial charge is 0.221 e. The quantitative estimate of drug-likeness (QED) is 0.724. The molecule has 0 aliphatic heterocycles. The molecule has 70 valence electrons. The molecule has 3 nitrogen and oxygen atoms in total. The molecule has 0 saturated carbocycles. The van der Waals surface area contributed by atoms with Gasteiger partial charge >= 0.3 is 0 Å². The van der Waals surface area contributed by atoms with E-state index >= 15 is 0 Å². The number of hydrogen-bond acceptors (Lipinski definition) is 2. The number of rotatable bonds is 3. The monoisotopic (exact) mass is 181 g/mol. The topological polar surface area (TPSA) is 38.3 Å². The number of benzene rings is 1. The highest BCUT2D eigenvalue weighted by Gasteiger charge is 1.95. The molecule has 0 fully saturated rings. The minimum absolute atomic E-state index is 0.0656. The highest BCUT2D eigenvalue weighted by Crippen LogP contribution is 2.15. The SMILES string of the molecule is CCOc1ccc(N[13C]([13CH3])=O)cc1. The minimum Gasteiger partial charge on any atom is -0.494 e. The van der Waals surface area contributed by atoms with Gasteiger partial charge in [-0.25, -0.2) is 0 Å². The van der Waals surface area contributed by atoms with Crippen LogP contribution in [0, 0.1) is 0 Å². The van der Waals surface area contributed by atoms with Crippen LogP contribution >= 0.6 is 0 Å². The van der Waals surface area contributed by atoms with Crippen molar-refractivity contribution in [3.8, 4) is 5.75 Å². The molecule has 0 aliphatic rings. The predicted molar refractivity (Wildman–Crippen MR) is 51.9 cm³/mol. The second-order valence-corrected chi connectivity index (χ2v) is 2.64. The summed E-state index contributed by atoms with van der Waals surface area (Å²) in [5.74, 6) is 0.751. The molecule has 1 rings (SSSR count). The Morgan fingerprint density at radius 2 is 2.00 bits per heavy atom. The van der Waals surface area contributed by atoms with Crippen LogP contribution in [-0.2, 0) is 4.79 Å². The summed E-state index contributed by atoms with van der Waals surface area (Å²) in [6.45, 7) is 4.07. The standard InChI is InChI=1S/C10H13NO2/c1-3-13-10-6-4-9(5-7-10)11-8(2)12/h4-7H,3H2,1-2H3,(H,11,12)/i2+1,8+1. The van der Waals surface area contributed by atoms with Crippen LogP contribution < -0.4 is 10.1 Å². The average molecular weight is 181 g/mol. The van der Waals surface area contributed by atoms with E-state index in [9.17, 15) is 4.79 Å². The molecule has 0 unspecified atom stereocenters. The largest absolute Gasteiger partial charge is 0.494 e. The molecular formula is C10H13NO2. The van der Waals surface area contributed by atoms with Crippen molar-refractivity contribution in [2.75, 3.05) is 11.9 Å². The zero-order valence-corrected chi connectivity index (χ0v) is 7.83. The molecule has 3 heteroatoms. The van der Waals surface area contributed by atoms with Gasteiger partial charge in [0.25, 0.3) is 0 Å². The first-order chi connectivity index (χ1) is 6.22. The molecule has 0 bridgehead atoms. The molecule has 1 N–H and O–H groups in total. The van der Waals surface area contributed by atoms with Gasteiger partial charge in [0.1, 0.15) is 5.75 Å². The van der Waals surface area contributed by atoms with Gasteiger partial charge in [0.15, 0.2) is 0 Å². The van der Waals surface area contributed by atoms with Crippen molar-refractivity contribution >= 4 is 11.6 Å². The lowest BCUT2D eigenvalue weighted by molar-refractivity contribution is -0.114. The van der Waals surface area contributed by atoms with Crippen molar-refractivity contribution in [1.29, 1.82) is 0 Å². The fraction of sp³-hybridized carbons (Fsp3) is 0.300. The van der Waals surface area contributed by atoms with E-state index in [0.29, 0.717) is 6.61 Å². The third-order valence-electron chi connectivity index (χ3n) is 1.49. The van der Waals surface area contributed by atoms with E-state index in [-0.39, 0.29) is 5.91 Å². The van der Waals surface area contributed by atoms with E-state index in [1.54, 1.807) is 0 Å². The Hall–Kier alpha value is -1.51. The van der Waals surface area contributed by atoms with Gasteiger partial charge in [-0.05, 0) is 31.2 Å². The first-order valence-electron chi connectivity index (χ1n) is 4.23. The summed E-state index contributed by atoms with van der Waals surface area (Å²) in [5, 5.41) is 2.68. The first kappa shape index (κ1) is 9.58. The summed E-state index contributed by atoms with van der Waals surface area (Å²) in [5.41, 5.74) is 0.788. The van der Waals surface area contributed by atoms with Crippen molar-refractivity contribution < 1.29 is 9.53 Å². The fourth-order valence-corrected chi connectivity index (χ4v) is 1.00. The summed E-state index contributed by atoms with van der Waals surface area (Å²) in [4.78, 5) is 10.7. The summed E-state index contributed by atoms with van der Waals surface area (Å²) in [6.07, 6.45) is 0. The Bertz CT molecular complexity index is 279. The summed E-state index contributed by atoms with van der Waals surface area (Å²) in [6, 6.07) is 7.28. The van der Waals surface area contributed by atoms with Gasteiger partial charge in [-0.3, -0.25) is 4.79 Å². The Morgan fingerprint density at radius 3 is 2.46 bits per heavy atom. The van der Waals surface area contributed by atoms with Crippen molar-refractivity contribution in [2.24, 2.45) is 0 Å². The molecule has 0 aromatic heterocycles. The van der Waals surface area contributed by atoms with Crippen LogP contribution in [0.4, 0.5) is 5.69 Å². The van der Waals surface area contributed by atoms with Crippen molar-refractivity contribution in [2.45, 2.75) is 13.8 Å². The first-order valence-corrected chi connectivity index (χ1v) is 4.23.